The van der Waals surface area contributed by atoms with Gasteiger partial charge in [-0.25, -0.2) is 0 Å². The van der Waals surface area contributed by atoms with Crippen LogP contribution in [0.15, 0.2) is 48.5 Å². The molecule has 0 saturated heterocycles. The Labute approximate surface area is 402 Å². The fraction of sp³-hybridized carbons (Fsp3) is 0.480. The number of carbonyl (C=O) groups excluding carboxylic acids is 1. The fourth-order valence-corrected chi connectivity index (χ4v) is 227. The van der Waals surface area contributed by atoms with Gasteiger partial charge in [-0.3, -0.25) is 4.79 Å². The number of methoxy groups -OCH3 is 1. The first kappa shape index (κ1) is 60.7. The number of aryl methyl sites for hydroxylation is 2. The Hall–Kier alpha value is -1.39. The standard InChI is InChI=1S/C25H40O21Si20/c1-21(26)45-25-18-10-8-14-23(25)15-11-19-65(3,4)46-47-48(27)49(28)50(29)51(30)52(31)53(32)54(33)55(34)56(35)57(36)58(37)59(38)60(39)61(40)62(41)63(42)64(43)66(5,6)20-12-16-22-13-7-9-17-24(22)44-2/h7-10,13-14,17-18H,11-12,15-16,19-20,47H2,1-6H3. The number of rotatable bonds is 30. The second-order valence-corrected chi connectivity index (χ2v) is 115. The summed E-state index contributed by atoms with van der Waals surface area (Å²) in [6, 6.07) is 14.9. The molecule has 0 unspecified atom stereocenters. The third-order valence-electron chi connectivity index (χ3n) is 9.45. The van der Waals surface area contributed by atoms with Crippen LogP contribution >= 0.6 is 0 Å². The van der Waals surface area contributed by atoms with E-state index in [-0.39, 0.29) is 0 Å². The zero-order chi connectivity index (χ0) is 50.4. The van der Waals surface area contributed by atoms with Gasteiger partial charge in [0.15, 0.2) is 8.32 Å². The second-order valence-electron chi connectivity index (χ2n) is 15.3. The Morgan fingerprint density at radius 1 is 0.485 bits per heavy atom. The van der Waals surface area contributed by atoms with Crippen LogP contribution in [-0.4, -0.2) is 169 Å². The van der Waals surface area contributed by atoms with E-state index in [4.69, 9.17) is 13.6 Å². The average molecular weight is 1240 g/mol. The second kappa shape index (κ2) is 27.9. The summed E-state index contributed by atoms with van der Waals surface area (Å²) < 4.78 is 236. The Bertz CT molecular complexity index is 2570. The first-order valence-electron chi connectivity index (χ1n) is 19.4. The molecule has 0 N–H and O–H groups in total. The van der Waals surface area contributed by atoms with E-state index in [9.17, 15) is 80.6 Å². The van der Waals surface area contributed by atoms with Crippen LogP contribution in [0.3, 0.4) is 0 Å². The van der Waals surface area contributed by atoms with Crippen molar-refractivity contribution >= 4 is 162 Å². The smallest absolute Gasteiger partial charge is 0.381 e. The molecule has 0 aliphatic rings. The monoisotopic (exact) mass is 1240 g/mol. The molecule has 0 fully saturated rings. The molecule has 0 radical (unpaired) electrons. The molecule has 346 valence electrons. The molecule has 0 saturated carbocycles. The highest BCUT2D eigenvalue weighted by Gasteiger charge is 2.56. The van der Waals surface area contributed by atoms with E-state index in [0.29, 0.717) is 49.3 Å². The summed E-state index contributed by atoms with van der Waals surface area (Å²) in [6.45, 7) is 8.07. The van der Waals surface area contributed by atoms with Crippen molar-refractivity contribution in [2.24, 2.45) is 0 Å². The SMILES string of the molecule is COc1ccccc1CCC[Si](C)(C)[Si](=O)[Si](=O)[Si](=O)[Si](=O)[Si](=O)[Si](=O)[Si](=O)[Si](=O)[Si](=O)[Si](=O)[Si](=O)[Si](=O)[Si](=O)[Si](=O)[Si](=O)[Si](=O)[Si](=O)[SiH2]O[Si](C)(C)CCCc1ccccc1OC(C)=O. The quantitative estimate of drug-likeness (QED) is 0.0433. The van der Waals surface area contributed by atoms with Crippen molar-refractivity contribution in [2.75, 3.05) is 7.11 Å². The molecular formula is C25H40O21Si20. The minimum atomic E-state index is -4.39. The topological polar surface area (TPSA) is 335 Å². The lowest BCUT2D eigenvalue weighted by Gasteiger charge is -2.22. The number of hydrogen-bond donors (Lipinski definition) is 0. The molecule has 0 heterocycles. The molecule has 41 heteroatoms. The van der Waals surface area contributed by atoms with Gasteiger partial charge in [0, 0.05) is 6.92 Å². The molecular weight excluding hydrogens is 1200 g/mol. The highest BCUT2D eigenvalue weighted by Crippen LogP contribution is 2.24. The summed E-state index contributed by atoms with van der Waals surface area (Å²) in [5.41, 5.74) is 1.62. The van der Waals surface area contributed by atoms with Crippen LogP contribution in [0, 0.1) is 0 Å². The summed E-state index contributed by atoms with van der Waals surface area (Å²) in [6.07, 6.45) is 2.04. The van der Waals surface area contributed by atoms with Crippen molar-refractivity contribution in [1.82, 2.24) is 0 Å². The van der Waals surface area contributed by atoms with Crippen LogP contribution in [0.4, 0.5) is 0 Å². The van der Waals surface area contributed by atoms with Gasteiger partial charge in [0.05, 0.1) is 7.11 Å². The minimum absolute atomic E-state index is 0.338. The van der Waals surface area contributed by atoms with Gasteiger partial charge in [-0.15, -0.1) is 0 Å². The largest absolute Gasteiger partial charge is 0.496 e. The summed E-state index contributed by atoms with van der Waals surface area (Å²) in [4.78, 5) is 11.4. The Balaban J connectivity index is 1.97. The molecule has 0 aliphatic carbocycles. The van der Waals surface area contributed by atoms with E-state index in [1.165, 1.54) is 14.0 Å². The van der Waals surface area contributed by atoms with Gasteiger partial charge < -0.3 is 89.4 Å². The Morgan fingerprint density at radius 2 is 0.818 bits per heavy atom. The normalized spacial score (nSPS) is 11.1. The summed E-state index contributed by atoms with van der Waals surface area (Å²) in [7, 11) is -75.0. The van der Waals surface area contributed by atoms with Crippen LogP contribution in [0.25, 0.3) is 0 Å². The van der Waals surface area contributed by atoms with Crippen molar-refractivity contribution in [3.8, 4) is 11.5 Å². The number of para-hydroxylation sites is 2. The molecule has 0 aliphatic heterocycles. The molecule has 0 spiro atoms. The van der Waals surface area contributed by atoms with Gasteiger partial charge in [0.25, 0.3) is 0 Å². The lowest BCUT2D eigenvalue weighted by molar-refractivity contribution is -0.131. The molecule has 2 rings (SSSR count). The van der Waals surface area contributed by atoms with Crippen molar-refractivity contribution in [3.05, 3.63) is 59.7 Å². The van der Waals surface area contributed by atoms with Gasteiger partial charge in [-0.1, -0.05) is 62.0 Å². The van der Waals surface area contributed by atoms with E-state index < -0.39 is 162 Å². The average Bonchev–Trinajstić information content (AvgIpc) is 3.29. The van der Waals surface area contributed by atoms with Gasteiger partial charge >= 0.3 is 137 Å². The van der Waals surface area contributed by atoms with Gasteiger partial charge in [0.1, 0.15) is 19.1 Å². The summed E-state index contributed by atoms with van der Waals surface area (Å²) >= 11 is 0. The number of carbonyl (C=O) groups is 1. The van der Waals surface area contributed by atoms with E-state index in [1.54, 1.807) is 68.7 Å². The number of hydrogen-bond acceptors (Lipinski definition) is 21. The van der Waals surface area contributed by atoms with Crippen LogP contribution in [0.2, 0.25) is 38.3 Å². The Morgan fingerprint density at radius 3 is 1.21 bits per heavy atom. The molecule has 0 bridgehead atoms. The fourth-order valence-electron chi connectivity index (χ4n) is 5.69. The zero-order valence-electron chi connectivity index (χ0n) is 36.1. The molecule has 0 atom stereocenters. The van der Waals surface area contributed by atoms with Crippen LogP contribution in [0.5, 0.6) is 11.5 Å². The first-order valence-corrected chi connectivity index (χ1v) is 69.5. The van der Waals surface area contributed by atoms with Crippen molar-refractivity contribution in [2.45, 2.75) is 70.9 Å². The van der Waals surface area contributed by atoms with Crippen LogP contribution in [-0.2, 0) is 97.6 Å². The van der Waals surface area contributed by atoms with E-state index in [1.807, 2.05) is 6.07 Å². The summed E-state index contributed by atoms with van der Waals surface area (Å²) in [5.74, 6) is 0.525. The molecule has 2 aromatic rings. The number of ether oxygens (including phenoxy) is 2. The predicted octanol–water partition coefficient (Wildman–Crippen LogP) is -2.80. The lowest BCUT2D eigenvalue weighted by atomic mass is 10.1. The number of esters is 1. The van der Waals surface area contributed by atoms with Crippen molar-refractivity contribution < 1.29 is 94.2 Å². The lowest BCUT2D eigenvalue weighted by Crippen LogP contribution is -2.57. The molecule has 21 nitrogen and oxygen atoms in total. The van der Waals surface area contributed by atoms with Gasteiger partial charge in [-0.2, -0.15) is 0 Å². The van der Waals surface area contributed by atoms with Crippen molar-refractivity contribution in [3.63, 3.8) is 0 Å². The highest BCUT2D eigenvalue weighted by molar-refractivity contribution is 7.82. The van der Waals surface area contributed by atoms with Gasteiger partial charge in [-0.05, 0) is 61.7 Å². The maximum absolute atomic E-state index is 13.3. The molecule has 0 aromatic heterocycles. The number of benzene rings is 2. The van der Waals surface area contributed by atoms with Crippen LogP contribution in [0.1, 0.15) is 30.9 Å². The Kier molecular flexibility index (Phi) is 25.6. The van der Waals surface area contributed by atoms with Crippen molar-refractivity contribution in [1.29, 1.82) is 0 Å². The maximum atomic E-state index is 13.3. The molecule has 0 amide bonds. The van der Waals surface area contributed by atoms with Gasteiger partial charge in [0.2, 0.25) is 9.28 Å². The van der Waals surface area contributed by atoms with Crippen LogP contribution < -0.4 is 9.47 Å². The first-order chi connectivity index (χ1) is 30.6. The minimum Gasteiger partial charge on any atom is -0.496 e. The third kappa shape index (κ3) is 17.5. The van der Waals surface area contributed by atoms with E-state index in [0.717, 1.165) is 11.1 Å². The molecule has 2 aromatic carbocycles. The molecule has 66 heavy (non-hydrogen) atoms. The highest BCUT2D eigenvalue weighted by atomic mass is 30.1. The predicted molar refractivity (Wildman–Crippen MR) is 251 cm³/mol. The third-order valence-corrected chi connectivity index (χ3v) is 162. The summed E-state index contributed by atoms with van der Waals surface area (Å²) in [5, 5.41) is 0. The van der Waals surface area contributed by atoms with E-state index in [2.05, 4.69) is 0 Å². The van der Waals surface area contributed by atoms with E-state index >= 15 is 0 Å². The maximum Gasteiger partial charge on any atom is 0.381 e. The zero-order valence-corrected chi connectivity index (χ0v) is 56.6.